The molecule has 1 fully saturated rings. The second-order valence-electron chi connectivity index (χ2n) is 7.73. The van der Waals surface area contributed by atoms with E-state index in [-0.39, 0.29) is 23.6 Å². The molecule has 0 bridgehead atoms. The number of phenols is 1. The summed E-state index contributed by atoms with van der Waals surface area (Å²) in [6.45, 7) is 3.90. The van der Waals surface area contributed by atoms with Gasteiger partial charge in [0.15, 0.2) is 0 Å². The number of rotatable bonds is 5. The molecule has 0 spiro atoms. The Morgan fingerprint density at radius 1 is 1.09 bits per heavy atom. The Balaban J connectivity index is 1.90. The molecule has 1 aliphatic rings. The van der Waals surface area contributed by atoms with Crippen LogP contribution in [0.15, 0.2) is 59.5 Å². The number of nitrogens with zero attached hydrogens (tertiary/aromatic N) is 1. The van der Waals surface area contributed by atoms with Crippen LogP contribution in [0.5, 0.6) is 11.5 Å². The monoisotopic (exact) mass is 449 g/mol. The Bertz CT molecular complexity index is 1210. The molecule has 164 valence electrons. The number of thiophene rings is 1. The fraction of sp³-hybridized carbons (Fsp3) is 0.200. The molecule has 3 aromatic rings. The first-order chi connectivity index (χ1) is 15.3. The fourth-order valence-corrected chi connectivity index (χ4v) is 4.73. The number of likely N-dealkylation sites (tertiary alicyclic amines) is 1. The lowest BCUT2D eigenvalue weighted by Crippen LogP contribution is -2.28. The molecule has 2 heterocycles. The van der Waals surface area contributed by atoms with Gasteiger partial charge in [0, 0.05) is 10.4 Å². The number of methoxy groups -OCH3 is 1. The number of hydrogen-bond acceptors (Lipinski definition) is 6. The number of benzene rings is 2. The van der Waals surface area contributed by atoms with Crippen LogP contribution in [0.2, 0.25) is 0 Å². The van der Waals surface area contributed by atoms with Crippen LogP contribution in [-0.2, 0) is 16.1 Å². The van der Waals surface area contributed by atoms with Gasteiger partial charge in [-0.15, -0.1) is 11.3 Å². The zero-order valence-corrected chi connectivity index (χ0v) is 18.8. The summed E-state index contributed by atoms with van der Waals surface area (Å²) in [7, 11) is 1.57. The maximum absolute atomic E-state index is 13.1. The molecule has 1 unspecified atom stereocenters. The summed E-state index contributed by atoms with van der Waals surface area (Å²) in [5.74, 6) is -0.873. The summed E-state index contributed by atoms with van der Waals surface area (Å²) in [4.78, 5) is 28.6. The molecule has 1 amide bonds. The van der Waals surface area contributed by atoms with Crippen molar-refractivity contribution in [2.75, 3.05) is 7.11 Å². The highest BCUT2D eigenvalue weighted by molar-refractivity contribution is 7.09. The summed E-state index contributed by atoms with van der Waals surface area (Å²) in [6.07, 6.45) is 0. The summed E-state index contributed by atoms with van der Waals surface area (Å²) in [6, 6.07) is 12.9. The molecule has 0 radical (unpaired) electrons. The smallest absolute Gasteiger partial charge is 0.295 e. The van der Waals surface area contributed by atoms with Crippen molar-refractivity contribution in [2.45, 2.75) is 26.4 Å². The average molecular weight is 450 g/mol. The summed E-state index contributed by atoms with van der Waals surface area (Å²) in [5, 5.41) is 22.9. The van der Waals surface area contributed by atoms with Crippen molar-refractivity contribution in [2.24, 2.45) is 0 Å². The predicted molar refractivity (Wildman–Crippen MR) is 123 cm³/mol. The number of aromatic hydroxyl groups is 1. The van der Waals surface area contributed by atoms with Crippen molar-refractivity contribution in [3.8, 4) is 11.5 Å². The number of phenolic OH excluding ortho intramolecular Hbond substituents is 1. The van der Waals surface area contributed by atoms with Gasteiger partial charge in [0.05, 0.1) is 25.3 Å². The number of aliphatic hydroxyl groups is 1. The Labute approximate surface area is 190 Å². The minimum absolute atomic E-state index is 0.0323. The van der Waals surface area contributed by atoms with Gasteiger partial charge in [0.25, 0.3) is 11.7 Å². The van der Waals surface area contributed by atoms with Crippen molar-refractivity contribution < 1.29 is 24.5 Å². The maximum Gasteiger partial charge on any atom is 0.295 e. The molecule has 0 aliphatic carbocycles. The molecule has 4 rings (SSSR count). The number of ketones is 1. The molecule has 2 aromatic carbocycles. The number of ether oxygens (including phenoxy) is 1. The number of aliphatic hydroxyl groups excluding tert-OH is 1. The Hall–Kier alpha value is -3.58. The van der Waals surface area contributed by atoms with Gasteiger partial charge < -0.3 is 19.8 Å². The molecule has 1 atom stereocenters. The molecule has 1 aliphatic heterocycles. The van der Waals surface area contributed by atoms with E-state index in [1.54, 1.807) is 31.4 Å². The lowest BCUT2D eigenvalue weighted by atomic mass is 9.93. The lowest BCUT2D eigenvalue weighted by molar-refractivity contribution is -0.140. The van der Waals surface area contributed by atoms with Crippen LogP contribution >= 0.6 is 11.3 Å². The Morgan fingerprint density at radius 2 is 1.81 bits per heavy atom. The van der Waals surface area contributed by atoms with Gasteiger partial charge in [-0.05, 0) is 66.2 Å². The van der Waals surface area contributed by atoms with E-state index in [0.717, 1.165) is 16.0 Å². The molecule has 2 N–H and O–H groups in total. The minimum atomic E-state index is -0.778. The SMILES string of the molecule is COc1cc(C)c(/C(O)=C2\C(=O)C(=O)N(Cc3cccs3)C2c2ccc(O)cc2)cc1C. The quantitative estimate of drug-likeness (QED) is 0.335. The van der Waals surface area contributed by atoms with Crippen molar-refractivity contribution in [3.05, 3.63) is 86.6 Å². The van der Waals surface area contributed by atoms with E-state index in [2.05, 4.69) is 0 Å². The second-order valence-corrected chi connectivity index (χ2v) is 8.77. The van der Waals surface area contributed by atoms with E-state index < -0.39 is 17.7 Å². The van der Waals surface area contributed by atoms with Crippen LogP contribution in [0, 0.1) is 13.8 Å². The van der Waals surface area contributed by atoms with Crippen molar-refractivity contribution >= 4 is 28.8 Å². The van der Waals surface area contributed by atoms with Crippen molar-refractivity contribution in [1.82, 2.24) is 4.90 Å². The third-order valence-corrected chi connectivity index (χ3v) is 6.51. The van der Waals surface area contributed by atoms with E-state index in [4.69, 9.17) is 4.74 Å². The van der Waals surface area contributed by atoms with Gasteiger partial charge in [-0.2, -0.15) is 0 Å². The van der Waals surface area contributed by atoms with E-state index >= 15 is 0 Å². The van der Waals surface area contributed by atoms with Crippen LogP contribution in [0.3, 0.4) is 0 Å². The zero-order valence-electron chi connectivity index (χ0n) is 18.0. The first-order valence-electron chi connectivity index (χ1n) is 10.1. The summed E-state index contributed by atoms with van der Waals surface area (Å²) >= 11 is 1.49. The molecule has 0 saturated carbocycles. The number of carbonyl (C=O) groups excluding carboxylic acids is 2. The summed E-state index contributed by atoms with van der Waals surface area (Å²) in [5.41, 5.74) is 2.65. The standard InChI is InChI=1S/C25H23NO5S/c1-14-12-20(31-3)15(2)11-19(14)23(28)21-22(16-6-8-17(27)9-7-16)26(25(30)24(21)29)13-18-5-4-10-32-18/h4-12,22,27-28H,13H2,1-3H3/b23-21+. The van der Waals surface area contributed by atoms with Crippen LogP contribution in [0.25, 0.3) is 5.76 Å². The van der Waals surface area contributed by atoms with Crippen LogP contribution < -0.4 is 4.74 Å². The van der Waals surface area contributed by atoms with E-state index in [1.807, 2.05) is 31.4 Å². The highest BCUT2D eigenvalue weighted by atomic mass is 32.1. The predicted octanol–water partition coefficient (Wildman–Crippen LogP) is 4.70. The highest BCUT2D eigenvalue weighted by Gasteiger charge is 2.46. The van der Waals surface area contributed by atoms with Gasteiger partial charge in [-0.3, -0.25) is 9.59 Å². The third kappa shape index (κ3) is 3.76. The van der Waals surface area contributed by atoms with E-state index in [1.165, 1.54) is 28.4 Å². The zero-order chi connectivity index (χ0) is 23.0. The molecule has 1 saturated heterocycles. The first-order valence-corrected chi connectivity index (χ1v) is 10.9. The number of aryl methyl sites for hydroxylation is 2. The Morgan fingerprint density at radius 3 is 2.44 bits per heavy atom. The van der Waals surface area contributed by atoms with Gasteiger partial charge in [-0.25, -0.2) is 0 Å². The molecular weight excluding hydrogens is 426 g/mol. The van der Waals surface area contributed by atoms with Crippen molar-refractivity contribution in [1.29, 1.82) is 0 Å². The highest BCUT2D eigenvalue weighted by Crippen LogP contribution is 2.42. The minimum Gasteiger partial charge on any atom is -0.508 e. The number of hydrogen-bond donors (Lipinski definition) is 2. The van der Waals surface area contributed by atoms with Crippen LogP contribution in [0.1, 0.15) is 33.2 Å². The van der Waals surface area contributed by atoms with Crippen LogP contribution in [0.4, 0.5) is 0 Å². The first kappa shape index (κ1) is 21.6. The van der Waals surface area contributed by atoms with E-state index in [0.29, 0.717) is 16.9 Å². The fourth-order valence-electron chi connectivity index (χ4n) is 4.03. The number of carbonyl (C=O) groups is 2. The molecule has 32 heavy (non-hydrogen) atoms. The maximum atomic E-state index is 13.1. The summed E-state index contributed by atoms with van der Waals surface area (Å²) < 4.78 is 5.35. The topological polar surface area (TPSA) is 87.1 Å². The lowest BCUT2D eigenvalue weighted by Gasteiger charge is -2.25. The molecule has 1 aromatic heterocycles. The Kier molecular flexibility index (Phi) is 5.76. The largest absolute Gasteiger partial charge is 0.508 e. The average Bonchev–Trinajstić information content (AvgIpc) is 3.37. The van der Waals surface area contributed by atoms with Gasteiger partial charge in [0.2, 0.25) is 0 Å². The van der Waals surface area contributed by atoms with Crippen molar-refractivity contribution in [3.63, 3.8) is 0 Å². The van der Waals surface area contributed by atoms with Gasteiger partial charge >= 0.3 is 0 Å². The second kappa shape index (κ2) is 8.51. The molecule has 7 heteroatoms. The van der Waals surface area contributed by atoms with Gasteiger partial charge in [-0.1, -0.05) is 18.2 Å². The molecule has 6 nitrogen and oxygen atoms in total. The van der Waals surface area contributed by atoms with Gasteiger partial charge in [0.1, 0.15) is 17.3 Å². The number of amides is 1. The number of Topliss-reactive ketones (excluding diaryl/α,β-unsaturated/α-hetero) is 1. The third-order valence-electron chi connectivity index (χ3n) is 5.65. The normalized spacial score (nSPS) is 17.7. The van der Waals surface area contributed by atoms with Crippen LogP contribution in [-0.4, -0.2) is 33.9 Å². The van der Waals surface area contributed by atoms with E-state index in [9.17, 15) is 19.8 Å². The molecular formula is C25H23NO5S.